The van der Waals surface area contributed by atoms with E-state index in [0.29, 0.717) is 19.7 Å². The van der Waals surface area contributed by atoms with Crippen molar-refractivity contribution in [1.82, 2.24) is 10.2 Å². The molecule has 5 heteroatoms. The summed E-state index contributed by atoms with van der Waals surface area (Å²) in [6.45, 7) is 4.68. The van der Waals surface area contributed by atoms with Gasteiger partial charge in [-0.1, -0.05) is 6.92 Å². The summed E-state index contributed by atoms with van der Waals surface area (Å²) < 4.78 is 5.74. The fraction of sp³-hybridized carbons (Fsp3) is 0.615. The highest BCUT2D eigenvalue weighted by molar-refractivity contribution is 7.07. The summed E-state index contributed by atoms with van der Waals surface area (Å²) in [6.07, 6.45) is 0.0377. The van der Waals surface area contributed by atoms with Crippen molar-refractivity contribution in [2.24, 2.45) is 5.92 Å². The van der Waals surface area contributed by atoms with Gasteiger partial charge in [-0.15, -0.1) is 0 Å². The SMILES string of the molecule is CNCC(C)C(=O)N1CCOC(c2ccsc2)C1. The second-order valence-corrected chi connectivity index (χ2v) is 5.44. The monoisotopic (exact) mass is 268 g/mol. The van der Waals surface area contributed by atoms with Gasteiger partial charge in [-0.3, -0.25) is 4.79 Å². The smallest absolute Gasteiger partial charge is 0.226 e. The van der Waals surface area contributed by atoms with Gasteiger partial charge in [0.05, 0.1) is 13.2 Å². The molecule has 1 fully saturated rings. The zero-order chi connectivity index (χ0) is 13.0. The van der Waals surface area contributed by atoms with Crippen LogP contribution >= 0.6 is 11.3 Å². The van der Waals surface area contributed by atoms with Crippen molar-refractivity contribution in [2.45, 2.75) is 13.0 Å². The first-order valence-electron chi connectivity index (χ1n) is 6.29. The van der Waals surface area contributed by atoms with E-state index in [9.17, 15) is 4.79 Å². The summed E-state index contributed by atoms with van der Waals surface area (Å²) in [6, 6.07) is 2.07. The normalized spacial score (nSPS) is 21.9. The van der Waals surface area contributed by atoms with E-state index < -0.39 is 0 Å². The second kappa shape index (κ2) is 6.31. The molecule has 1 amide bonds. The molecule has 0 saturated carbocycles. The summed E-state index contributed by atoms with van der Waals surface area (Å²) in [7, 11) is 1.87. The molecule has 1 aliphatic heterocycles. The average molecular weight is 268 g/mol. The summed E-state index contributed by atoms with van der Waals surface area (Å²) in [5.41, 5.74) is 1.18. The Kier molecular flexibility index (Phi) is 4.74. The molecule has 4 nitrogen and oxygen atoms in total. The maximum absolute atomic E-state index is 12.2. The second-order valence-electron chi connectivity index (χ2n) is 4.66. The number of hydrogen-bond acceptors (Lipinski definition) is 4. The zero-order valence-corrected chi connectivity index (χ0v) is 11.7. The summed E-state index contributed by atoms with van der Waals surface area (Å²) in [5.74, 6) is 0.240. The molecule has 1 saturated heterocycles. The minimum atomic E-state index is 0.0243. The highest BCUT2D eigenvalue weighted by Crippen LogP contribution is 2.24. The Morgan fingerprint density at radius 3 is 3.22 bits per heavy atom. The van der Waals surface area contributed by atoms with Crippen LogP contribution in [0.2, 0.25) is 0 Å². The van der Waals surface area contributed by atoms with Crippen LogP contribution in [0.5, 0.6) is 0 Å². The molecule has 100 valence electrons. The third-order valence-electron chi connectivity index (χ3n) is 3.22. The van der Waals surface area contributed by atoms with Crippen LogP contribution in [-0.2, 0) is 9.53 Å². The number of ether oxygens (including phenoxy) is 1. The summed E-state index contributed by atoms with van der Waals surface area (Å²) in [4.78, 5) is 14.2. The Labute approximate surface area is 112 Å². The molecule has 2 rings (SSSR count). The maximum Gasteiger partial charge on any atom is 0.226 e. The fourth-order valence-electron chi connectivity index (χ4n) is 2.21. The molecule has 0 radical (unpaired) electrons. The quantitative estimate of drug-likeness (QED) is 0.900. The van der Waals surface area contributed by atoms with E-state index in [1.54, 1.807) is 11.3 Å². The van der Waals surface area contributed by atoms with Gasteiger partial charge < -0.3 is 15.0 Å². The van der Waals surface area contributed by atoms with E-state index in [2.05, 4.69) is 16.8 Å². The van der Waals surface area contributed by atoms with Crippen LogP contribution in [0.1, 0.15) is 18.6 Å². The van der Waals surface area contributed by atoms with E-state index >= 15 is 0 Å². The molecule has 1 aliphatic rings. The number of thiophene rings is 1. The van der Waals surface area contributed by atoms with Gasteiger partial charge in [0.25, 0.3) is 0 Å². The van der Waals surface area contributed by atoms with Crippen molar-refractivity contribution in [2.75, 3.05) is 33.3 Å². The summed E-state index contributed by atoms with van der Waals surface area (Å²) in [5, 5.41) is 7.19. The standard InChI is InChI=1S/C13H20N2O2S/c1-10(7-14-2)13(16)15-4-5-17-12(8-15)11-3-6-18-9-11/h3,6,9-10,12,14H,4-5,7-8H2,1-2H3. The van der Waals surface area contributed by atoms with Gasteiger partial charge in [-0.2, -0.15) is 11.3 Å². The number of rotatable bonds is 4. The number of hydrogen-bond donors (Lipinski definition) is 1. The Bertz CT molecular complexity index is 380. The first-order valence-corrected chi connectivity index (χ1v) is 7.23. The van der Waals surface area contributed by atoms with Gasteiger partial charge in [-0.05, 0) is 29.4 Å². The van der Waals surface area contributed by atoms with Crippen molar-refractivity contribution in [3.63, 3.8) is 0 Å². The lowest BCUT2D eigenvalue weighted by molar-refractivity contribution is -0.142. The molecular weight excluding hydrogens is 248 g/mol. The molecule has 0 aromatic carbocycles. The molecule has 18 heavy (non-hydrogen) atoms. The van der Waals surface area contributed by atoms with E-state index in [1.807, 2.05) is 24.3 Å². The van der Waals surface area contributed by atoms with Gasteiger partial charge in [0.15, 0.2) is 0 Å². The van der Waals surface area contributed by atoms with Crippen LogP contribution in [0.25, 0.3) is 0 Å². The molecule has 2 unspecified atom stereocenters. The minimum absolute atomic E-state index is 0.0243. The highest BCUT2D eigenvalue weighted by atomic mass is 32.1. The van der Waals surface area contributed by atoms with Crippen molar-refractivity contribution < 1.29 is 9.53 Å². The Hall–Kier alpha value is -0.910. The predicted molar refractivity (Wildman–Crippen MR) is 72.7 cm³/mol. The molecule has 2 atom stereocenters. The molecule has 0 bridgehead atoms. The zero-order valence-electron chi connectivity index (χ0n) is 10.9. The van der Waals surface area contributed by atoms with Crippen LogP contribution in [0.3, 0.4) is 0 Å². The van der Waals surface area contributed by atoms with Crippen LogP contribution < -0.4 is 5.32 Å². The molecule has 1 N–H and O–H groups in total. The lowest BCUT2D eigenvalue weighted by atomic mass is 10.1. The van der Waals surface area contributed by atoms with Crippen molar-refractivity contribution in [3.05, 3.63) is 22.4 Å². The lowest BCUT2D eigenvalue weighted by Gasteiger charge is -2.34. The first-order chi connectivity index (χ1) is 8.72. The summed E-state index contributed by atoms with van der Waals surface area (Å²) >= 11 is 1.66. The van der Waals surface area contributed by atoms with Gasteiger partial charge >= 0.3 is 0 Å². The number of carbonyl (C=O) groups is 1. The molecule has 0 aliphatic carbocycles. The molecule has 2 heterocycles. The number of carbonyl (C=O) groups excluding carboxylic acids is 1. The fourth-order valence-corrected chi connectivity index (χ4v) is 2.92. The topological polar surface area (TPSA) is 41.6 Å². The largest absolute Gasteiger partial charge is 0.370 e. The Morgan fingerprint density at radius 2 is 2.56 bits per heavy atom. The van der Waals surface area contributed by atoms with Gasteiger partial charge in [-0.25, -0.2) is 0 Å². The number of nitrogens with one attached hydrogen (secondary N) is 1. The third-order valence-corrected chi connectivity index (χ3v) is 3.93. The van der Waals surface area contributed by atoms with Crippen LogP contribution in [0.4, 0.5) is 0 Å². The van der Waals surface area contributed by atoms with E-state index in [0.717, 1.165) is 6.54 Å². The van der Waals surface area contributed by atoms with Gasteiger partial charge in [0, 0.05) is 19.0 Å². The van der Waals surface area contributed by atoms with E-state index in [1.165, 1.54) is 5.56 Å². The first kappa shape index (κ1) is 13.5. The molecule has 1 aromatic rings. The van der Waals surface area contributed by atoms with Crippen LogP contribution in [0.15, 0.2) is 16.8 Å². The number of amides is 1. The number of nitrogens with zero attached hydrogens (tertiary/aromatic N) is 1. The van der Waals surface area contributed by atoms with Gasteiger partial charge in [0.2, 0.25) is 5.91 Å². The molecule has 0 spiro atoms. The van der Waals surface area contributed by atoms with Crippen molar-refractivity contribution in [3.8, 4) is 0 Å². The Balaban J connectivity index is 1.96. The lowest BCUT2D eigenvalue weighted by Crippen LogP contribution is -2.45. The Morgan fingerprint density at radius 1 is 1.72 bits per heavy atom. The third kappa shape index (κ3) is 3.10. The molecular formula is C13H20N2O2S. The van der Waals surface area contributed by atoms with E-state index in [4.69, 9.17) is 4.74 Å². The van der Waals surface area contributed by atoms with Crippen LogP contribution in [0, 0.1) is 5.92 Å². The minimum Gasteiger partial charge on any atom is -0.370 e. The highest BCUT2D eigenvalue weighted by Gasteiger charge is 2.27. The average Bonchev–Trinajstić information content (AvgIpc) is 2.92. The predicted octanol–water partition coefficient (Wildman–Crippen LogP) is 1.50. The van der Waals surface area contributed by atoms with Crippen molar-refractivity contribution in [1.29, 1.82) is 0 Å². The van der Waals surface area contributed by atoms with Crippen molar-refractivity contribution >= 4 is 17.2 Å². The number of morpholine rings is 1. The van der Waals surface area contributed by atoms with Crippen LogP contribution in [-0.4, -0.2) is 44.1 Å². The van der Waals surface area contributed by atoms with E-state index in [-0.39, 0.29) is 17.9 Å². The molecule has 1 aromatic heterocycles. The maximum atomic E-state index is 12.2. The van der Waals surface area contributed by atoms with Gasteiger partial charge in [0.1, 0.15) is 6.10 Å².